The second-order valence-electron chi connectivity index (χ2n) is 4.82. The van der Waals surface area contributed by atoms with Crippen LogP contribution in [0.4, 0.5) is 13.2 Å². The summed E-state index contributed by atoms with van der Waals surface area (Å²) in [6, 6.07) is 3.36. The number of thiophene rings is 1. The molecule has 1 amide bonds. The molecule has 0 atom stereocenters. The van der Waals surface area contributed by atoms with E-state index in [0.717, 1.165) is 4.83 Å². The van der Waals surface area contributed by atoms with Gasteiger partial charge < -0.3 is 4.90 Å². The predicted molar refractivity (Wildman–Crippen MR) is 83.4 cm³/mol. The van der Waals surface area contributed by atoms with Gasteiger partial charge in [0.1, 0.15) is 0 Å². The monoisotopic (exact) mass is 395 g/mol. The fourth-order valence-electron chi connectivity index (χ4n) is 1.79. The number of ketones is 1. The van der Waals surface area contributed by atoms with Gasteiger partial charge in [0.2, 0.25) is 0 Å². The van der Waals surface area contributed by atoms with Crippen molar-refractivity contribution < 1.29 is 31.2 Å². The lowest BCUT2D eigenvalue weighted by atomic mass is 10.1. The van der Waals surface area contributed by atoms with E-state index >= 15 is 0 Å². The van der Waals surface area contributed by atoms with E-state index in [2.05, 4.69) is 0 Å². The van der Waals surface area contributed by atoms with Crippen LogP contribution in [0.3, 0.4) is 0 Å². The first-order valence-corrected chi connectivity index (χ1v) is 9.04. The van der Waals surface area contributed by atoms with E-state index in [0.29, 0.717) is 4.88 Å². The molecule has 0 bridgehead atoms. The molecule has 2 N–H and O–H groups in total. The molecule has 7 nitrogen and oxygen atoms in total. The molecule has 0 aliphatic carbocycles. The molecule has 0 fully saturated rings. The number of hydrogen-bond acceptors (Lipinski definition) is 6. The standard InChI is InChI=1S/C13H12F3N3O4S2/c14-13(15,16)25(22,23)18-17-12(21)9-3-1-5-19(7-9)8-10(20)11-4-2-6-24-11/h1-2,4-7,18H,3,8H2,(H,17,21). The van der Waals surface area contributed by atoms with Crippen molar-refractivity contribution in [3.8, 4) is 0 Å². The van der Waals surface area contributed by atoms with E-state index in [4.69, 9.17) is 0 Å². The summed E-state index contributed by atoms with van der Waals surface area (Å²) in [5.74, 6) is -1.25. The Hall–Kier alpha value is -2.18. The lowest BCUT2D eigenvalue weighted by Crippen LogP contribution is -2.47. The normalized spacial score (nSPS) is 15.0. The first kappa shape index (κ1) is 19.1. The SMILES string of the molecule is O=C(NNS(=O)(=O)C(F)(F)F)C1=CN(CC(=O)c2cccs2)C=CC1. The number of carbonyl (C=O) groups is 2. The van der Waals surface area contributed by atoms with E-state index in [1.165, 1.54) is 33.9 Å². The Morgan fingerprint density at radius 2 is 2.04 bits per heavy atom. The molecule has 0 radical (unpaired) electrons. The molecule has 1 aliphatic rings. The summed E-state index contributed by atoms with van der Waals surface area (Å²) in [4.78, 5) is 26.7. The number of nitrogens with one attached hydrogen (secondary N) is 2. The van der Waals surface area contributed by atoms with Gasteiger partial charge in [-0.15, -0.1) is 16.2 Å². The number of carbonyl (C=O) groups excluding carboxylic acids is 2. The smallest absolute Gasteiger partial charge is 0.346 e. The molecule has 1 aliphatic heterocycles. The van der Waals surface area contributed by atoms with Gasteiger partial charge in [0.15, 0.2) is 5.78 Å². The molecule has 0 aromatic carbocycles. The van der Waals surface area contributed by atoms with Crippen LogP contribution < -0.4 is 10.3 Å². The van der Waals surface area contributed by atoms with E-state index in [9.17, 15) is 31.2 Å². The minimum Gasteiger partial charge on any atom is -0.346 e. The minimum absolute atomic E-state index is 0.00801. The first-order valence-electron chi connectivity index (χ1n) is 6.68. The average molecular weight is 395 g/mol. The number of hydrogen-bond donors (Lipinski definition) is 2. The highest BCUT2D eigenvalue weighted by Crippen LogP contribution is 2.21. The number of nitrogens with zero attached hydrogens (tertiary/aromatic N) is 1. The summed E-state index contributed by atoms with van der Waals surface area (Å²) in [6.45, 7) is -0.0674. The third-order valence-electron chi connectivity index (χ3n) is 2.97. The summed E-state index contributed by atoms with van der Waals surface area (Å²) >= 11 is 1.26. The lowest BCUT2D eigenvalue weighted by Gasteiger charge is -2.20. The molecule has 0 unspecified atom stereocenters. The Balaban J connectivity index is 1.98. The van der Waals surface area contributed by atoms with Gasteiger partial charge in [0.05, 0.1) is 11.4 Å². The van der Waals surface area contributed by atoms with E-state index < -0.39 is 21.4 Å². The van der Waals surface area contributed by atoms with Crippen molar-refractivity contribution in [3.05, 3.63) is 46.4 Å². The Morgan fingerprint density at radius 3 is 2.64 bits per heavy atom. The number of sulfonamides is 1. The highest BCUT2D eigenvalue weighted by molar-refractivity contribution is 7.90. The number of rotatable bonds is 6. The van der Waals surface area contributed by atoms with Crippen LogP contribution in [0, 0.1) is 0 Å². The topological polar surface area (TPSA) is 95.6 Å². The van der Waals surface area contributed by atoms with Crippen molar-refractivity contribution in [2.24, 2.45) is 0 Å². The number of allylic oxidation sites excluding steroid dienone is 1. The van der Waals surface area contributed by atoms with Crippen molar-refractivity contribution in [2.75, 3.05) is 6.54 Å². The molecule has 25 heavy (non-hydrogen) atoms. The van der Waals surface area contributed by atoms with Crippen LogP contribution in [0.2, 0.25) is 0 Å². The van der Waals surface area contributed by atoms with Crippen molar-refractivity contribution in [2.45, 2.75) is 11.9 Å². The second-order valence-corrected chi connectivity index (χ2v) is 7.44. The predicted octanol–water partition coefficient (Wildman–Crippen LogP) is 1.50. The van der Waals surface area contributed by atoms with Crippen LogP contribution >= 0.6 is 11.3 Å². The van der Waals surface area contributed by atoms with Crippen molar-refractivity contribution in [3.63, 3.8) is 0 Å². The highest BCUT2D eigenvalue weighted by atomic mass is 32.2. The third-order valence-corrected chi connectivity index (χ3v) is 4.86. The van der Waals surface area contributed by atoms with Crippen molar-refractivity contribution >= 4 is 33.1 Å². The van der Waals surface area contributed by atoms with Crippen molar-refractivity contribution in [1.82, 2.24) is 15.2 Å². The van der Waals surface area contributed by atoms with Gasteiger partial charge in [-0.25, -0.2) is 8.42 Å². The summed E-state index contributed by atoms with van der Waals surface area (Å²) in [6.07, 6.45) is 4.41. The van der Waals surface area contributed by atoms with E-state index in [-0.39, 0.29) is 24.3 Å². The van der Waals surface area contributed by atoms with Crippen LogP contribution in [-0.4, -0.2) is 37.1 Å². The van der Waals surface area contributed by atoms with Crippen LogP contribution in [0.1, 0.15) is 16.1 Å². The van der Waals surface area contributed by atoms with Crippen LogP contribution in [0.15, 0.2) is 41.6 Å². The van der Waals surface area contributed by atoms with E-state index in [1.807, 2.05) is 0 Å². The van der Waals surface area contributed by atoms with Gasteiger partial charge in [-0.2, -0.15) is 13.2 Å². The Bertz CT molecular complexity index is 814. The molecule has 2 heterocycles. The largest absolute Gasteiger partial charge is 0.513 e. The molecule has 1 aromatic rings. The van der Waals surface area contributed by atoms with Gasteiger partial charge in [-0.1, -0.05) is 12.1 Å². The Labute approximate surface area is 144 Å². The number of amides is 1. The molecular weight excluding hydrogens is 383 g/mol. The molecule has 0 spiro atoms. The zero-order valence-corrected chi connectivity index (χ0v) is 14.0. The molecule has 1 aromatic heterocycles. The number of alkyl halides is 3. The Morgan fingerprint density at radius 1 is 1.32 bits per heavy atom. The quantitative estimate of drug-likeness (QED) is 0.562. The molecule has 0 saturated heterocycles. The molecule has 2 rings (SSSR count). The average Bonchev–Trinajstić information content (AvgIpc) is 3.06. The Kier molecular flexibility index (Phi) is 5.65. The second kappa shape index (κ2) is 7.37. The van der Waals surface area contributed by atoms with Gasteiger partial charge in [0, 0.05) is 18.0 Å². The highest BCUT2D eigenvalue weighted by Gasteiger charge is 2.46. The first-order chi connectivity index (χ1) is 11.6. The fourth-order valence-corrected chi connectivity index (χ4v) is 2.79. The molecule has 136 valence electrons. The zero-order valence-electron chi connectivity index (χ0n) is 12.4. The number of Topliss-reactive ketones (excluding diaryl/α,β-unsaturated/α-hetero) is 1. The fraction of sp³-hybridized carbons (Fsp3) is 0.231. The molecule has 0 saturated carbocycles. The summed E-state index contributed by atoms with van der Waals surface area (Å²) in [5.41, 5.74) is -4.06. The zero-order chi connectivity index (χ0) is 18.7. The van der Waals surface area contributed by atoms with Gasteiger partial charge in [-0.05, 0) is 17.9 Å². The van der Waals surface area contributed by atoms with Crippen LogP contribution in [0.5, 0.6) is 0 Å². The summed E-state index contributed by atoms with van der Waals surface area (Å²) in [7, 11) is -5.69. The maximum absolute atomic E-state index is 12.2. The maximum atomic E-state index is 12.2. The van der Waals surface area contributed by atoms with Gasteiger partial charge in [0.25, 0.3) is 5.91 Å². The minimum atomic E-state index is -5.69. The van der Waals surface area contributed by atoms with E-state index in [1.54, 1.807) is 23.7 Å². The summed E-state index contributed by atoms with van der Waals surface area (Å²) in [5, 5.41) is 1.74. The molecule has 12 heteroatoms. The van der Waals surface area contributed by atoms with Gasteiger partial charge >= 0.3 is 15.5 Å². The van der Waals surface area contributed by atoms with Crippen LogP contribution in [-0.2, 0) is 14.8 Å². The van der Waals surface area contributed by atoms with Crippen LogP contribution in [0.25, 0.3) is 0 Å². The maximum Gasteiger partial charge on any atom is 0.513 e. The van der Waals surface area contributed by atoms with Crippen molar-refractivity contribution in [1.29, 1.82) is 0 Å². The molecular formula is C13H12F3N3O4S2. The summed E-state index contributed by atoms with van der Waals surface area (Å²) < 4.78 is 58.3. The number of halogens is 3. The lowest BCUT2D eigenvalue weighted by molar-refractivity contribution is -0.118. The number of hydrazine groups is 1. The third kappa shape index (κ3) is 4.90. The van der Waals surface area contributed by atoms with Gasteiger partial charge in [-0.3, -0.25) is 15.0 Å².